The fourth-order valence-corrected chi connectivity index (χ4v) is 3.82. The Bertz CT molecular complexity index is 575. The summed E-state index contributed by atoms with van der Waals surface area (Å²) in [6.45, 7) is 4.39. The minimum atomic E-state index is -3.57. The van der Waals surface area contributed by atoms with E-state index < -0.39 is 10.0 Å². The molecule has 0 saturated carbocycles. The number of rotatable bonds is 4. The second kappa shape index (κ2) is 7.03. The number of nitrogens with one attached hydrogen (secondary N) is 1. The fraction of sp³-hybridized carbons (Fsp3) is 0.571. The van der Waals surface area contributed by atoms with E-state index in [4.69, 9.17) is 9.47 Å². The Kier molecular flexibility index (Phi) is 5.07. The first kappa shape index (κ1) is 15.9. The van der Waals surface area contributed by atoms with Gasteiger partial charge in [0.2, 0.25) is 0 Å². The van der Waals surface area contributed by atoms with Crippen molar-refractivity contribution in [2.24, 2.45) is 0 Å². The Labute approximate surface area is 130 Å². The van der Waals surface area contributed by atoms with Gasteiger partial charge in [-0.3, -0.25) is 4.90 Å². The van der Waals surface area contributed by atoms with Crippen LogP contribution in [0.15, 0.2) is 35.2 Å². The van der Waals surface area contributed by atoms with Gasteiger partial charge in [0.15, 0.2) is 0 Å². The highest BCUT2D eigenvalue weighted by Gasteiger charge is 2.32. The summed E-state index contributed by atoms with van der Waals surface area (Å²) in [6.07, 6.45) is -0.101. The average molecular weight is 327 g/mol. The van der Waals surface area contributed by atoms with Crippen LogP contribution in [0.1, 0.15) is 0 Å². The normalized spacial score (nSPS) is 25.2. The summed E-state index contributed by atoms with van der Waals surface area (Å²) in [5.41, 5.74) is 0. The van der Waals surface area contributed by atoms with E-state index in [1.807, 2.05) is 0 Å². The number of hydrazine groups is 1. The first-order chi connectivity index (χ1) is 10.7. The molecule has 1 N–H and O–H groups in total. The van der Waals surface area contributed by atoms with Gasteiger partial charge in [-0.25, -0.2) is 13.4 Å². The molecule has 2 fully saturated rings. The summed E-state index contributed by atoms with van der Waals surface area (Å²) in [6, 6.07) is 8.41. The number of hydrogen-bond donors (Lipinski definition) is 1. The molecule has 2 saturated heterocycles. The molecule has 1 unspecified atom stereocenters. The smallest absolute Gasteiger partial charge is 0.253 e. The van der Waals surface area contributed by atoms with E-state index in [0.29, 0.717) is 33.0 Å². The molecule has 1 aromatic rings. The summed E-state index contributed by atoms with van der Waals surface area (Å²) in [7, 11) is -3.57. The maximum Gasteiger partial charge on any atom is 0.253 e. The Morgan fingerprint density at radius 1 is 1.00 bits per heavy atom. The third kappa shape index (κ3) is 3.65. The summed E-state index contributed by atoms with van der Waals surface area (Å²) in [5.74, 6) is 0. The molecule has 2 heterocycles. The molecule has 122 valence electrons. The van der Waals surface area contributed by atoms with Crippen LogP contribution < -0.4 is 4.83 Å². The average Bonchev–Trinajstić information content (AvgIpc) is 2.57. The molecule has 0 radical (unpaired) electrons. The second-order valence-corrected chi connectivity index (χ2v) is 6.97. The van der Waals surface area contributed by atoms with Crippen molar-refractivity contribution < 1.29 is 17.9 Å². The minimum absolute atomic E-state index is 0.101. The second-order valence-electron chi connectivity index (χ2n) is 5.31. The van der Waals surface area contributed by atoms with Gasteiger partial charge in [0, 0.05) is 19.6 Å². The van der Waals surface area contributed by atoms with Crippen molar-refractivity contribution in [2.45, 2.75) is 11.1 Å². The van der Waals surface area contributed by atoms with Crippen LogP contribution in [0.3, 0.4) is 0 Å². The zero-order chi connectivity index (χ0) is 15.4. The molecule has 2 aliphatic heterocycles. The lowest BCUT2D eigenvalue weighted by Crippen LogP contribution is -2.62. The fourth-order valence-electron chi connectivity index (χ4n) is 2.68. The van der Waals surface area contributed by atoms with E-state index in [1.54, 1.807) is 35.3 Å². The standard InChI is InChI=1S/C14H21N3O4S/c18-22(19,13-4-2-1-3-5-13)15-17-8-11-21-12-14(17)16-6-9-20-10-7-16/h1-5,14-15H,6-12H2. The van der Waals surface area contributed by atoms with Gasteiger partial charge in [-0.1, -0.05) is 18.2 Å². The highest BCUT2D eigenvalue weighted by molar-refractivity contribution is 7.89. The van der Waals surface area contributed by atoms with Crippen molar-refractivity contribution in [1.29, 1.82) is 0 Å². The largest absolute Gasteiger partial charge is 0.379 e. The molecular formula is C14H21N3O4S. The molecule has 2 aliphatic rings. The first-order valence-corrected chi connectivity index (χ1v) is 8.89. The summed E-state index contributed by atoms with van der Waals surface area (Å²) in [5, 5.41) is 1.76. The maximum absolute atomic E-state index is 12.5. The van der Waals surface area contributed by atoms with Crippen molar-refractivity contribution in [2.75, 3.05) is 46.1 Å². The van der Waals surface area contributed by atoms with Crippen LogP contribution in [0, 0.1) is 0 Å². The van der Waals surface area contributed by atoms with Gasteiger partial charge in [0.25, 0.3) is 10.0 Å². The number of benzene rings is 1. The Hall–Kier alpha value is -1.03. The maximum atomic E-state index is 12.5. The quantitative estimate of drug-likeness (QED) is 0.831. The Morgan fingerprint density at radius 2 is 1.68 bits per heavy atom. The van der Waals surface area contributed by atoms with E-state index in [-0.39, 0.29) is 11.1 Å². The van der Waals surface area contributed by atoms with Crippen LogP contribution in [-0.4, -0.2) is 70.6 Å². The number of morpholine rings is 2. The number of hydrogen-bond acceptors (Lipinski definition) is 6. The van der Waals surface area contributed by atoms with Crippen LogP contribution >= 0.6 is 0 Å². The predicted molar refractivity (Wildman–Crippen MR) is 80.5 cm³/mol. The minimum Gasteiger partial charge on any atom is -0.379 e. The SMILES string of the molecule is O=S(=O)(NN1CCOCC1N1CCOCC1)c1ccccc1. The molecular weight excluding hydrogens is 306 g/mol. The zero-order valence-electron chi connectivity index (χ0n) is 12.3. The van der Waals surface area contributed by atoms with E-state index in [9.17, 15) is 8.42 Å². The highest BCUT2D eigenvalue weighted by atomic mass is 32.2. The molecule has 0 aliphatic carbocycles. The zero-order valence-corrected chi connectivity index (χ0v) is 13.2. The van der Waals surface area contributed by atoms with Gasteiger partial charge in [-0.15, -0.1) is 4.83 Å². The van der Waals surface area contributed by atoms with Crippen molar-refractivity contribution in [3.63, 3.8) is 0 Å². The molecule has 0 bridgehead atoms. The van der Waals surface area contributed by atoms with Crippen molar-refractivity contribution in [3.05, 3.63) is 30.3 Å². The lowest BCUT2D eigenvalue weighted by atomic mass is 10.3. The van der Waals surface area contributed by atoms with Crippen LogP contribution in [0.25, 0.3) is 0 Å². The third-order valence-corrected chi connectivity index (χ3v) is 5.23. The number of ether oxygens (including phenoxy) is 2. The van der Waals surface area contributed by atoms with E-state index >= 15 is 0 Å². The molecule has 1 aromatic carbocycles. The number of nitrogens with zero attached hydrogens (tertiary/aromatic N) is 2. The van der Waals surface area contributed by atoms with E-state index in [1.165, 1.54) is 0 Å². The monoisotopic (exact) mass is 327 g/mol. The van der Waals surface area contributed by atoms with Crippen LogP contribution in [-0.2, 0) is 19.5 Å². The van der Waals surface area contributed by atoms with E-state index in [0.717, 1.165) is 13.1 Å². The predicted octanol–water partition coefficient (Wildman–Crippen LogP) is -0.130. The van der Waals surface area contributed by atoms with Crippen LogP contribution in [0.2, 0.25) is 0 Å². The summed E-state index contributed by atoms with van der Waals surface area (Å²) in [4.78, 5) is 5.16. The van der Waals surface area contributed by atoms with Crippen LogP contribution in [0.4, 0.5) is 0 Å². The van der Waals surface area contributed by atoms with Gasteiger partial charge < -0.3 is 9.47 Å². The topological polar surface area (TPSA) is 71.1 Å². The van der Waals surface area contributed by atoms with Gasteiger partial charge in [0.05, 0.1) is 31.3 Å². The van der Waals surface area contributed by atoms with Crippen molar-refractivity contribution >= 4 is 10.0 Å². The lowest BCUT2D eigenvalue weighted by molar-refractivity contribution is -0.110. The third-order valence-electron chi connectivity index (χ3n) is 3.86. The first-order valence-electron chi connectivity index (χ1n) is 7.40. The Balaban J connectivity index is 1.73. The molecule has 7 nitrogen and oxygen atoms in total. The Morgan fingerprint density at radius 3 is 2.41 bits per heavy atom. The van der Waals surface area contributed by atoms with Crippen molar-refractivity contribution in [3.8, 4) is 0 Å². The summed E-state index contributed by atoms with van der Waals surface area (Å²) >= 11 is 0. The van der Waals surface area contributed by atoms with E-state index in [2.05, 4.69) is 9.73 Å². The number of sulfonamides is 1. The lowest BCUT2D eigenvalue weighted by Gasteiger charge is -2.43. The van der Waals surface area contributed by atoms with Crippen LogP contribution in [0.5, 0.6) is 0 Å². The highest BCUT2D eigenvalue weighted by Crippen LogP contribution is 2.15. The van der Waals surface area contributed by atoms with Crippen molar-refractivity contribution in [1.82, 2.24) is 14.7 Å². The van der Waals surface area contributed by atoms with Gasteiger partial charge >= 0.3 is 0 Å². The van der Waals surface area contributed by atoms with Gasteiger partial charge in [0.1, 0.15) is 6.17 Å². The summed E-state index contributed by atoms with van der Waals surface area (Å²) < 4.78 is 35.9. The molecule has 0 spiro atoms. The molecule has 3 rings (SSSR count). The van der Waals surface area contributed by atoms with Gasteiger partial charge in [-0.2, -0.15) is 0 Å². The molecule has 1 atom stereocenters. The molecule has 0 amide bonds. The van der Waals surface area contributed by atoms with Gasteiger partial charge in [-0.05, 0) is 12.1 Å². The molecule has 0 aromatic heterocycles. The molecule has 22 heavy (non-hydrogen) atoms. The molecule has 8 heteroatoms.